The monoisotopic (exact) mass is 469 g/mol. The maximum Gasteiger partial charge on any atom is 0.356 e. The highest BCUT2D eigenvalue weighted by molar-refractivity contribution is 6.07. The minimum Gasteiger partial charge on any atom is -0.451 e. The zero-order chi connectivity index (χ0) is 25.1. The molecule has 8 nitrogen and oxygen atoms in total. The number of fused-ring (bicyclic) bond motifs is 1. The maximum atomic E-state index is 13.2. The van der Waals surface area contributed by atoms with Gasteiger partial charge in [0, 0.05) is 29.2 Å². The molecule has 4 aromatic rings. The molecule has 8 heteroatoms. The summed E-state index contributed by atoms with van der Waals surface area (Å²) in [6.07, 6.45) is 0. The van der Waals surface area contributed by atoms with Crippen LogP contribution in [-0.2, 0) is 16.6 Å². The first-order chi connectivity index (χ1) is 16.8. The van der Waals surface area contributed by atoms with Crippen LogP contribution in [0, 0.1) is 6.92 Å². The lowest BCUT2D eigenvalue weighted by Crippen LogP contribution is -2.28. The number of carbonyl (C=O) groups is 3. The molecule has 0 saturated heterocycles. The Labute approximate surface area is 200 Å². The van der Waals surface area contributed by atoms with E-state index in [1.165, 1.54) is 35.9 Å². The number of rotatable bonds is 6. The molecule has 0 atom stereocenters. The minimum atomic E-state index is -0.801. The topological polar surface area (TPSA) is 120 Å². The molecule has 0 fully saturated rings. The van der Waals surface area contributed by atoms with E-state index in [0.29, 0.717) is 27.6 Å². The van der Waals surface area contributed by atoms with Crippen molar-refractivity contribution >= 4 is 34.2 Å². The third kappa shape index (κ3) is 4.81. The highest BCUT2D eigenvalue weighted by Gasteiger charge is 2.23. The molecule has 176 valence electrons. The van der Waals surface area contributed by atoms with Crippen LogP contribution in [0.4, 0.5) is 5.69 Å². The van der Waals surface area contributed by atoms with Crippen molar-refractivity contribution in [3.05, 3.63) is 100.0 Å². The van der Waals surface area contributed by atoms with E-state index in [2.05, 4.69) is 5.32 Å². The van der Waals surface area contributed by atoms with E-state index in [0.717, 1.165) is 11.1 Å². The Morgan fingerprint density at radius 1 is 0.914 bits per heavy atom. The van der Waals surface area contributed by atoms with Gasteiger partial charge in [-0.1, -0.05) is 48.0 Å². The van der Waals surface area contributed by atoms with Crippen molar-refractivity contribution in [2.75, 3.05) is 11.9 Å². The van der Waals surface area contributed by atoms with Gasteiger partial charge in [0.2, 0.25) is 5.91 Å². The van der Waals surface area contributed by atoms with Gasteiger partial charge in [-0.3, -0.25) is 14.4 Å². The number of carbonyl (C=O) groups excluding carboxylic acids is 3. The number of primary amides is 1. The summed E-state index contributed by atoms with van der Waals surface area (Å²) in [4.78, 5) is 49.7. The number of aromatic nitrogens is 1. The molecule has 0 spiro atoms. The van der Waals surface area contributed by atoms with Crippen molar-refractivity contribution < 1.29 is 19.1 Å². The molecule has 2 amide bonds. The van der Waals surface area contributed by atoms with Gasteiger partial charge in [-0.15, -0.1) is 0 Å². The van der Waals surface area contributed by atoms with Crippen LogP contribution >= 0.6 is 0 Å². The van der Waals surface area contributed by atoms with Crippen molar-refractivity contribution in [1.82, 2.24) is 4.57 Å². The van der Waals surface area contributed by atoms with E-state index < -0.39 is 24.4 Å². The van der Waals surface area contributed by atoms with Gasteiger partial charge in [0.05, 0.1) is 0 Å². The lowest BCUT2D eigenvalue weighted by atomic mass is 9.96. The molecule has 0 aliphatic rings. The van der Waals surface area contributed by atoms with Crippen LogP contribution in [0.5, 0.6) is 0 Å². The number of hydrogen-bond acceptors (Lipinski definition) is 5. The molecule has 0 bridgehead atoms. The third-order valence-corrected chi connectivity index (χ3v) is 5.62. The van der Waals surface area contributed by atoms with Gasteiger partial charge in [-0.2, -0.15) is 0 Å². The predicted octanol–water partition coefficient (Wildman–Crippen LogP) is 3.41. The molecular weight excluding hydrogens is 446 g/mol. The number of esters is 1. The first-order valence-electron chi connectivity index (χ1n) is 10.8. The van der Waals surface area contributed by atoms with Crippen LogP contribution in [0.2, 0.25) is 0 Å². The van der Waals surface area contributed by atoms with Crippen LogP contribution in [0.25, 0.3) is 21.9 Å². The second-order valence-electron chi connectivity index (χ2n) is 8.07. The number of nitrogens with zero attached hydrogens (tertiary/aromatic N) is 1. The number of benzene rings is 3. The Balaban J connectivity index is 1.64. The van der Waals surface area contributed by atoms with Crippen molar-refractivity contribution in [1.29, 1.82) is 0 Å². The van der Waals surface area contributed by atoms with Gasteiger partial charge >= 0.3 is 5.97 Å². The summed E-state index contributed by atoms with van der Waals surface area (Å²) in [5, 5.41) is 3.67. The number of ether oxygens (including phenoxy) is 1. The Kier molecular flexibility index (Phi) is 6.46. The highest BCUT2D eigenvalue weighted by atomic mass is 16.5. The largest absolute Gasteiger partial charge is 0.451 e. The molecule has 3 aromatic carbocycles. The van der Waals surface area contributed by atoms with Crippen LogP contribution in [0.1, 0.15) is 26.4 Å². The zero-order valence-electron chi connectivity index (χ0n) is 19.2. The van der Waals surface area contributed by atoms with E-state index in [9.17, 15) is 19.2 Å². The quantitative estimate of drug-likeness (QED) is 0.419. The predicted molar refractivity (Wildman–Crippen MR) is 133 cm³/mol. The third-order valence-electron chi connectivity index (χ3n) is 5.62. The number of nitrogens with one attached hydrogen (secondary N) is 1. The molecular formula is C27H23N3O5. The first-order valence-corrected chi connectivity index (χ1v) is 10.8. The van der Waals surface area contributed by atoms with E-state index in [-0.39, 0.29) is 11.3 Å². The fraction of sp³-hybridized carbons (Fsp3) is 0.111. The molecule has 0 aliphatic heterocycles. The van der Waals surface area contributed by atoms with Gasteiger partial charge in [0.1, 0.15) is 5.69 Å². The summed E-state index contributed by atoms with van der Waals surface area (Å²) in [6.45, 7) is 1.39. The van der Waals surface area contributed by atoms with E-state index in [1.807, 2.05) is 31.2 Å². The van der Waals surface area contributed by atoms with Crippen LogP contribution in [0.3, 0.4) is 0 Å². The number of nitrogens with two attached hydrogens (primary N) is 1. The number of hydrogen-bond donors (Lipinski definition) is 2. The number of anilines is 1. The van der Waals surface area contributed by atoms with E-state index in [1.54, 1.807) is 24.3 Å². The maximum absolute atomic E-state index is 13.2. The Morgan fingerprint density at radius 2 is 1.54 bits per heavy atom. The molecule has 3 N–H and O–H groups in total. The lowest BCUT2D eigenvalue weighted by Gasteiger charge is -2.17. The minimum absolute atomic E-state index is 0.0520. The molecule has 1 aromatic heterocycles. The summed E-state index contributed by atoms with van der Waals surface area (Å²) in [5.41, 5.74) is 7.98. The summed E-state index contributed by atoms with van der Waals surface area (Å²) < 4.78 is 6.56. The van der Waals surface area contributed by atoms with Gasteiger partial charge in [0.15, 0.2) is 6.61 Å². The molecule has 4 rings (SSSR count). The Bertz CT molecular complexity index is 1500. The molecule has 0 aliphatic carbocycles. The van der Waals surface area contributed by atoms with Crippen LogP contribution in [0.15, 0.2) is 77.6 Å². The second kappa shape index (κ2) is 9.64. The van der Waals surface area contributed by atoms with Gasteiger partial charge in [-0.05, 0) is 48.2 Å². The molecule has 35 heavy (non-hydrogen) atoms. The van der Waals surface area contributed by atoms with Crippen molar-refractivity contribution in [3.8, 4) is 11.1 Å². The smallest absolute Gasteiger partial charge is 0.356 e. The Hall–Kier alpha value is -4.72. The SMILES string of the molecule is Cc1ccc(-c2c(C(=O)OCC(=O)Nc3ccc(C(N)=O)cc3)n(C)c(=O)c3ccccc23)cc1. The number of pyridine rings is 1. The second-order valence-corrected chi connectivity index (χ2v) is 8.07. The lowest BCUT2D eigenvalue weighted by molar-refractivity contribution is -0.119. The normalized spacial score (nSPS) is 10.7. The van der Waals surface area contributed by atoms with Crippen LogP contribution < -0.4 is 16.6 Å². The molecule has 0 radical (unpaired) electrons. The summed E-state index contributed by atoms with van der Waals surface area (Å²) in [6, 6.07) is 20.6. The van der Waals surface area contributed by atoms with E-state index >= 15 is 0 Å². The zero-order valence-corrected chi connectivity index (χ0v) is 19.2. The average molecular weight is 469 g/mol. The van der Waals surface area contributed by atoms with Crippen molar-refractivity contribution in [2.45, 2.75) is 6.92 Å². The van der Waals surface area contributed by atoms with Crippen molar-refractivity contribution in [3.63, 3.8) is 0 Å². The molecule has 1 heterocycles. The highest BCUT2D eigenvalue weighted by Crippen LogP contribution is 2.31. The van der Waals surface area contributed by atoms with Crippen molar-refractivity contribution in [2.24, 2.45) is 12.8 Å². The van der Waals surface area contributed by atoms with Crippen LogP contribution in [-0.4, -0.2) is 29.0 Å². The van der Waals surface area contributed by atoms with E-state index in [4.69, 9.17) is 10.5 Å². The average Bonchev–Trinajstić information content (AvgIpc) is 2.85. The van der Waals surface area contributed by atoms with Gasteiger partial charge in [-0.25, -0.2) is 4.79 Å². The first kappa shape index (κ1) is 23.4. The fourth-order valence-electron chi connectivity index (χ4n) is 3.83. The standard InChI is InChI=1S/C27H23N3O5/c1-16-7-9-17(10-8-16)23-20-5-3-4-6-21(20)26(33)30(2)24(23)27(34)35-15-22(31)29-19-13-11-18(12-14-19)25(28)32/h3-14H,15H2,1-2H3,(H2,28,32)(H,29,31). The summed E-state index contributed by atoms with van der Waals surface area (Å²) in [7, 11) is 1.50. The van der Waals surface area contributed by atoms with Gasteiger partial charge in [0.25, 0.3) is 11.5 Å². The summed E-state index contributed by atoms with van der Waals surface area (Å²) >= 11 is 0. The van der Waals surface area contributed by atoms with Gasteiger partial charge < -0.3 is 20.4 Å². The number of amides is 2. The Morgan fingerprint density at radius 3 is 2.17 bits per heavy atom. The molecule has 0 unspecified atom stereocenters. The summed E-state index contributed by atoms with van der Waals surface area (Å²) in [5.74, 6) is -1.96. The number of aryl methyl sites for hydroxylation is 1. The fourth-order valence-corrected chi connectivity index (χ4v) is 3.83. The molecule has 0 saturated carbocycles.